The first kappa shape index (κ1) is 37.9. The number of esters is 3. The second kappa shape index (κ2) is 15.9. The summed E-state index contributed by atoms with van der Waals surface area (Å²) in [5.74, 6) is -7.65. The van der Waals surface area contributed by atoms with Crippen molar-refractivity contribution in [3.05, 3.63) is 47.6 Å². The lowest BCUT2D eigenvalue weighted by Crippen LogP contribution is -2.79. The van der Waals surface area contributed by atoms with Crippen LogP contribution < -0.4 is 0 Å². The van der Waals surface area contributed by atoms with Crippen LogP contribution in [0, 0.1) is 23.7 Å². The van der Waals surface area contributed by atoms with Crippen LogP contribution in [0.1, 0.15) is 72.1 Å². The van der Waals surface area contributed by atoms with Crippen LogP contribution in [0.5, 0.6) is 0 Å². The third-order valence-electron chi connectivity index (χ3n) is 10.8. The largest absolute Gasteiger partial charge is 0.466 e. The molecule has 3 heterocycles. The fourth-order valence-corrected chi connectivity index (χ4v) is 9.36. The minimum absolute atomic E-state index is 0.00752. The predicted octanol–water partition coefficient (Wildman–Crippen LogP) is 5.86. The summed E-state index contributed by atoms with van der Waals surface area (Å²) >= 11 is 3.52. The first-order valence-electron chi connectivity index (χ1n) is 17.5. The summed E-state index contributed by atoms with van der Waals surface area (Å²) in [6, 6.07) is 0. The van der Waals surface area contributed by atoms with Crippen molar-refractivity contribution in [1.82, 2.24) is 0 Å². The molecule has 12 heteroatoms. The minimum atomic E-state index is -1.91. The van der Waals surface area contributed by atoms with Crippen LogP contribution in [-0.4, -0.2) is 86.8 Å². The van der Waals surface area contributed by atoms with Gasteiger partial charge in [-0.25, -0.2) is 14.4 Å². The number of carbonyl (C=O) groups is 3. The van der Waals surface area contributed by atoms with E-state index in [4.69, 9.17) is 37.9 Å². The molecular weight excluding hydrogens is 700 g/mol. The monoisotopic (exact) mass is 750 g/mol. The number of carbonyl (C=O) groups excluding carboxylic acids is 3. The number of halogens is 1. The molecule has 8 atom stereocenters. The van der Waals surface area contributed by atoms with E-state index in [0.717, 1.165) is 25.7 Å². The van der Waals surface area contributed by atoms with E-state index in [2.05, 4.69) is 28.6 Å². The van der Waals surface area contributed by atoms with E-state index in [1.165, 1.54) is 14.2 Å². The molecule has 1 unspecified atom stereocenters. The van der Waals surface area contributed by atoms with E-state index in [9.17, 15) is 14.4 Å². The average molecular weight is 752 g/mol. The minimum Gasteiger partial charge on any atom is -0.466 e. The topological polar surface area (TPSA) is 125 Å². The number of hydrogen-bond donors (Lipinski definition) is 0. The highest BCUT2D eigenvalue weighted by Gasteiger charge is 2.85. The number of unbranched alkanes of at least 4 members (excludes halogenated alkanes) is 3. The summed E-state index contributed by atoms with van der Waals surface area (Å²) in [6.45, 7) is 11.1. The third-order valence-corrected chi connectivity index (χ3v) is 11.4. The Balaban J connectivity index is 1.75. The fourth-order valence-electron chi connectivity index (χ4n) is 9.04. The highest BCUT2D eigenvalue weighted by Crippen LogP contribution is 2.72. The molecule has 49 heavy (non-hydrogen) atoms. The van der Waals surface area contributed by atoms with Gasteiger partial charge in [0, 0.05) is 18.9 Å². The van der Waals surface area contributed by atoms with E-state index in [-0.39, 0.29) is 33.9 Å². The van der Waals surface area contributed by atoms with Crippen molar-refractivity contribution in [3.63, 3.8) is 0 Å². The Hall–Kier alpha value is -2.35. The second-order valence-electron chi connectivity index (χ2n) is 13.2. The number of ether oxygens (including phenoxy) is 8. The van der Waals surface area contributed by atoms with E-state index >= 15 is 0 Å². The maximum Gasteiger partial charge on any atom is 0.339 e. The van der Waals surface area contributed by atoms with Gasteiger partial charge in [0.1, 0.15) is 6.10 Å². The van der Waals surface area contributed by atoms with Crippen molar-refractivity contribution >= 4 is 33.8 Å². The van der Waals surface area contributed by atoms with E-state index in [1.807, 2.05) is 39.0 Å². The molecule has 4 bridgehead atoms. The number of rotatable bonds is 17. The summed E-state index contributed by atoms with van der Waals surface area (Å²) in [7, 11) is 2.54. The summed E-state index contributed by atoms with van der Waals surface area (Å²) in [4.78, 5) is 41.8. The zero-order valence-electron chi connectivity index (χ0n) is 29.3. The van der Waals surface area contributed by atoms with Gasteiger partial charge in [-0.3, -0.25) is 0 Å². The van der Waals surface area contributed by atoms with Crippen LogP contribution in [0.15, 0.2) is 47.6 Å². The Morgan fingerprint density at radius 2 is 1.65 bits per heavy atom. The van der Waals surface area contributed by atoms with E-state index in [1.54, 1.807) is 0 Å². The van der Waals surface area contributed by atoms with Crippen LogP contribution in [0.25, 0.3) is 0 Å². The van der Waals surface area contributed by atoms with E-state index < -0.39 is 59.3 Å². The molecule has 0 aromatic heterocycles. The van der Waals surface area contributed by atoms with Crippen LogP contribution >= 0.6 is 15.9 Å². The SMILES string of the molecule is C=C1C(=O)O[C@@]23O[C@@H](C4(CC/C=C/C)OCCO4)C[C@@H]4[C@@H](CCCCC/C=C/C)[C@@H](C(C(=O)OC)=C(C(=O)OC)[C@@H]42)[C@@]13OC(CBr)OCC. The molecule has 0 amide bonds. The average Bonchev–Trinajstić information content (AvgIpc) is 3.67. The summed E-state index contributed by atoms with van der Waals surface area (Å²) < 4.78 is 49.9. The van der Waals surface area contributed by atoms with Gasteiger partial charge in [-0.1, -0.05) is 59.7 Å². The molecule has 6 aliphatic rings. The van der Waals surface area contributed by atoms with Crippen LogP contribution in [0.4, 0.5) is 0 Å². The van der Waals surface area contributed by atoms with Gasteiger partial charge in [-0.05, 0) is 64.7 Å². The van der Waals surface area contributed by atoms with Crippen molar-refractivity contribution in [2.24, 2.45) is 23.7 Å². The standard InChI is InChI=1S/C37H51BrO11/c1-7-10-12-13-14-15-17-24-25-21-26(35(18-16-11-8-2)45-19-20-46-35)47-37-31(25)29(34(41)43-6)28(33(40)42-5)30(24)36(37,23(4)32(39)49-37)48-27(22-38)44-9-3/h7-8,10-11,24-27,30-31H,4,9,12-22H2,1-3,5-6H3/b10-7+,11-8+/t24-,25-,26-,27?,30+,31-,36+,37+/m1/s1. The Bertz CT molecular complexity index is 1350. The molecule has 0 N–H and O–H groups in total. The normalized spacial score (nSPS) is 33.7. The van der Waals surface area contributed by atoms with Crippen LogP contribution in [0.2, 0.25) is 0 Å². The molecule has 3 aliphatic carbocycles. The van der Waals surface area contributed by atoms with Crippen molar-refractivity contribution in [2.45, 2.75) is 102 Å². The van der Waals surface area contributed by atoms with Crippen molar-refractivity contribution in [2.75, 3.05) is 39.4 Å². The Labute approximate surface area is 297 Å². The lowest BCUT2D eigenvalue weighted by atomic mass is 9.44. The lowest BCUT2D eigenvalue weighted by Gasteiger charge is -2.67. The number of allylic oxidation sites excluding steroid dienone is 4. The molecule has 0 aromatic carbocycles. The van der Waals surface area contributed by atoms with Crippen molar-refractivity contribution in [1.29, 1.82) is 0 Å². The van der Waals surface area contributed by atoms with Crippen LogP contribution in [0.3, 0.4) is 0 Å². The van der Waals surface area contributed by atoms with Crippen LogP contribution in [-0.2, 0) is 52.3 Å². The van der Waals surface area contributed by atoms with E-state index in [0.29, 0.717) is 45.5 Å². The maximum atomic E-state index is 14.0. The Kier molecular flexibility index (Phi) is 12.3. The first-order valence-corrected chi connectivity index (χ1v) is 18.7. The predicted molar refractivity (Wildman–Crippen MR) is 182 cm³/mol. The molecule has 1 spiro atoms. The van der Waals surface area contributed by atoms with Gasteiger partial charge in [0.15, 0.2) is 17.7 Å². The van der Waals surface area contributed by atoms with Gasteiger partial charge >= 0.3 is 17.9 Å². The molecule has 4 fully saturated rings. The van der Waals surface area contributed by atoms with Crippen molar-refractivity contribution in [3.8, 4) is 0 Å². The summed E-state index contributed by atoms with van der Waals surface area (Å²) in [5, 5.41) is 0.237. The second-order valence-corrected chi connectivity index (χ2v) is 13.8. The Morgan fingerprint density at radius 3 is 2.27 bits per heavy atom. The van der Waals surface area contributed by atoms with Gasteiger partial charge in [-0.15, -0.1) is 0 Å². The van der Waals surface area contributed by atoms with Gasteiger partial charge < -0.3 is 37.9 Å². The molecule has 3 saturated heterocycles. The number of hydrogen-bond acceptors (Lipinski definition) is 11. The number of methoxy groups -OCH3 is 2. The molecule has 0 aromatic rings. The molecule has 3 aliphatic heterocycles. The fraction of sp³-hybridized carbons (Fsp3) is 0.703. The lowest BCUT2D eigenvalue weighted by molar-refractivity contribution is -0.423. The first-order chi connectivity index (χ1) is 23.7. The van der Waals surface area contributed by atoms with Gasteiger partial charge in [0.05, 0.1) is 55.4 Å². The van der Waals surface area contributed by atoms with Gasteiger partial charge in [0.2, 0.25) is 0 Å². The third kappa shape index (κ3) is 6.28. The van der Waals surface area contributed by atoms with Gasteiger partial charge in [0.25, 0.3) is 5.79 Å². The molecule has 11 nitrogen and oxygen atoms in total. The zero-order chi connectivity index (χ0) is 35.4. The van der Waals surface area contributed by atoms with Crippen molar-refractivity contribution < 1.29 is 52.3 Å². The maximum absolute atomic E-state index is 14.0. The molecule has 272 valence electrons. The quantitative estimate of drug-likeness (QED) is 0.0338. The molecular formula is C37H51BrO11. The smallest absolute Gasteiger partial charge is 0.339 e. The zero-order valence-corrected chi connectivity index (χ0v) is 30.9. The molecule has 0 radical (unpaired) electrons. The van der Waals surface area contributed by atoms with Gasteiger partial charge in [-0.2, -0.15) is 0 Å². The summed E-state index contributed by atoms with van der Waals surface area (Å²) in [5.41, 5.74) is -1.59. The molecule has 1 saturated carbocycles. The molecule has 6 rings (SSSR count). The highest BCUT2D eigenvalue weighted by atomic mass is 79.9. The highest BCUT2D eigenvalue weighted by molar-refractivity contribution is 9.09. The summed E-state index contributed by atoms with van der Waals surface area (Å²) in [6.07, 6.45) is 12.6. The number of alkyl halides is 1. The Morgan fingerprint density at radius 1 is 1.00 bits per heavy atom.